The van der Waals surface area contributed by atoms with Crippen molar-refractivity contribution in [1.82, 2.24) is 15.3 Å². The van der Waals surface area contributed by atoms with E-state index in [1.165, 1.54) is 12.1 Å². The number of aryl methyl sites for hydroxylation is 1. The molecule has 0 aliphatic heterocycles. The van der Waals surface area contributed by atoms with E-state index in [0.717, 1.165) is 21.8 Å². The van der Waals surface area contributed by atoms with Gasteiger partial charge in [0.05, 0.1) is 10.6 Å². The summed E-state index contributed by atoms with van der Waals surface area (Å²) in [6, 6.07) is 10.2. The Hall–Kier alpha value is -3.13. The summed E-state index contributed by atoms with van der Waals surface area (Å²) in [6.07, 6.45) is 5.08. The number of pyridine rings is 1. The quantitative estimate of drug-likeness (QED) is 0.475. The Bertz CT molecular complexity index is 910. The molecule has 0 unspecified atom stereocenters. The Kier molecular flexibility index (Phi) is 6.22. The third-order valence-electron chi connectivity index (χ3n) is 3.95. The van der Waals surface area contributed by atoms with E-state index in [0.29, 0.717) is 25.8 Å². The number of nitro benzene ring substituents is 1. The number of carbonyl (C=O) groups is 1. The second-order valence-corrected chi connectivity index (χ2v) is 6.77. The molecule has 0 spiro atoms. The first-order chi connectivity index (χ1) is 13.1. The molecule has 27 heavy (non-hydrogen) atoms. The zero-order valence-electron chi connectivity index (χ0n) is 14.5. The number of nitrogens with zero attached hydrogens (tertiary/aromatic N) is 3. The number of amides is 1. The molecule has 2 aromatic heterocycles. The van der Waals surface area contributed by atoms with Gasteiger partial charge in [-0.05, 0) is 30.5 Å². The first-order valence-electron chi connectivity index (χ1n) is 8.46. The molecule has 0 saturated heterocycles. The maximum Gasteiger partial charge on any atom is 0.269 e. The molecule has 0 radical (unpaired) electrons. The zero-order chi connectivity index (χ0) is 19.1. The highest BCUT2D eigenvalue weighted by Gasteiger charge is 2.08. The molecule has 0 atom stereocenters. The molecule has 0 bridgehead atoms. The molecule has 138 valence electrons. The van der Waals surface area contributed by atoms with Crippen LogP contribution in [0.5, 0.6) is 0 Å². The molecule has 8 heteroatoms. The van der Waals surface area contributed by atoms with Crippen LogP contribution >= 0.6 is 11.3 Å². The maximum atomic E-state index is 12.0. The summed E-state index contributed by atoms with van der Waals surface area (Å²) in [5.41, 5.74) is 2.88. The van der Waals surface area contributed by atoms with E-state index in [9.17, 15) is 14.9 Å². The lowest BCUT2D eigenvalue weighted by atomic mass is 10.1. The van der Waals surface area contributed by atoms with Crippen molar-refractivity contribution in [3.05, 3.63) is 75.5 Å². The summed E-state index contributed by atoms with van der Waals surface area (Å²) in [7, 11) is 0. The molecule has 2 heterocycles. The Balaban J connectivity index is 1.41. The van der Waals surface area contributed by atoms with Gasteiger partial charge in [0.2, 0.25) is 5.91 Å². The van der Waals surface area contributed by atoms with Crippen molar-refractivity contribution in [3.8, 4) is 10.6 Å². The van der Waals surface area contributed by atoms with Gasteiger partial charge < -0.3 is 5.32 Å². The predicted octanol–water partition coefficient (Wildman–Crippen LogP) is 3.40. The van der Waals surface area contributed by atoms with Crippen LogP contribution in [0.3, 0.4) is 0 Å². The van der Waals surface area contributed by atoms with Gasteiger partial charge in [0, 0.05) is 48.4 Å². The van der Waals surface area contributed by atoms with Crippen molar-refractivity contribution in [3.63, 3.8) is 0 Å². The average Bonchev–Trinajstić information content (AvgIpc) is 3.16. The fourth-order valence-electron chi connectivity index (χ4n) is 2.50. The lowest BCUT2D eigenvalue weighted by Crippen LogP contribution is -2.25. The van der Waals surface area contributed by atoms with Crippen LogP contribution in [-0.4, -0.2) is 27.3 Å². The molecule has 1 amide bonds. The number of nitro groups is 1. The van der Waals surface area contributed by atoms with Gasteiger partial charge in [-0.25, -0.2) is 4.98 Å². The summed E-state index contributed by atoms with van der Waals surface area (Å²) in [5.74, 6) is -0.0344. The Labute approximate surface area is 160 Å². The highest BCUT2D eigenvalue weighted by Crippen LogP contribution is 2.23. The number of aromatic nitrogens is 2. The third kappa shape index (κ3) is 5.42. The van der Waals surface area contributed by atoms with Gasteiger partial charge in [-0.15, -0.1) is 11.3 Å². The number of benzene rings is 1. The number of carbonyl (C=O) groups excluding carboxylic acids is 1. The smallest absolute Gasteiger partial charge is 0.269 e. The summed E-state index contributed by atoms with van der Waals surface area (Å²) < 4.78 is 0. The van der Waals surface area contributed by atoms with Gasteiger partial charge in [0.1, 0.15) is 5.01 Å². The number of rotatable bonds is 8. The summed E-state index contributed by atoms with van der Waals surface area (Å²) >= 11 is 1.54. The van der Waals surface area contributed by atoms with Crippen LogP contribution in [-0.2, 0) is 17.6 Å². The first-order valence-corrected chi connectivity index (χ1v) is 9.34. The second kappa shape index (κ2) is 9.00. The third-order valence-corrected chi connectivity index (χ3v) is 4.89. The topological polar surface area (TPSA) is 98.0 Å². The molecule has 1 N–H and O–H groups in total. The number of hydrogen-bond donors (Lipinski definition) is 1. The predicted molar refractivity (Wildman–Crippen MR) is 103 cm³/mol. The lowest BCUT2D eigenvalue weighted by molar-refractivity contribution is -0.384. The fraction of sp³-hybridized carbons (Fsp3) is 0.211. The summed E-state index contributed by atoms with van der Waals surface area (Å²) in [4.78, 5) is 30.8. The highest BCUT2D eigenvalue weighted by atomic mass is 32.1. The fourth-order valence-corrected chi connectivity index (χ4v) is 3.35. The normalized spacial score (nSPS) is 10.5. The molecule has 7 nitrogen and oxygen atoms in total. The van der Waals surface area contributed by atoms with Crippen molar-refractivity contribution < 1.29 is 9.72 Å². The van der Waals surface area contributed by atoms with Crippen LogP contribution in [0.15, 0.2) is 54.2 Å². The van der Waals surface area contributed by atoms with Crippen LogP contribution in [0.1, 0.15) is 17.7 Å². The highest BCUT2D eigenvalue weighted by molar-refractivity contribution is 7.13. The lowest BCUT2D eigenvalue weighted by Gasteiger charge is -2.05. The molecular weight excluding hydrogens is 364 g/mol. The average molecular weight is 382 g/mol. The van der Waals surface area contributed by atoms with Gasteiger partial charge in [-0.3, -0.25) is 19.9 Å². The van der Waals surface area contributed by atoms with Gasteiger partial charge >= 0.3 is 0 Å². The first kappa shape index (κ1) is 18.7. The summed E-state index contributed by atoms with van der Waals surface area (Å²) in [5, 5.41) is 16.4. The van der Waals surface area contributed by atoms with Crippen molar-refractivity contribution in [2.45, 2.75) is 19.3 Å². The van der Waals surface area contributed by atoms with Crippen LogP contribution in [0.25, 0.3) is 10.6 Å². The maximum absolute atomic E-state index is 12.0. The molecule has 3 aromatic rings. The molecule has 0 aliphatic carbocycles. The van der Waals surface area contributed by atoms with E-state index in [4.69, 9.17) is 0 Å². The van der Waals surface area contributed by atoms with Crippen LogP contribution in [0.4, 0.5) is 5.69 Å². The van der Waals surface area contributed by atoms with Gasteiger partial charge in [-0.2, -0.15) is 0 Å². The van der Waals surface area contributed by atoms with Gasteiger partial charge in [-0.1, -0.05) is 12.1 Å². The Morgan fingerprint density at radius 2 is 2.00 bits per heavy atom. The van der Waals surface area contributed by atoms with Crippen LogP contribution in [0.2, 0.25) is 0 Å². The Morgan fingerprint density at radius 1 is 1.19 bits per heavy atom. The number of non-ortho nitro benzene ring substituents is 1. The SMILES string of the molecule is O=C(CCc1csc(-c2cccnc2)n1)NCCc1ccc([N+](=O)[O-])cc1. The minimum atomic E-state index is -0.427. The minimum absolute atomic E-state index is 0.0344. The van der Waals surface area contributed by atoms with E-state index in [-0.39, 0.29) is 11.6 Å². The number of hydrogen-bond acceptors (Lipinski definition) is 6. The minimum Gasteiger partial charge on any atom is -0.356 e. The molecule has 0 saturated carbocycles. The van der Waals surface area contributed by atoms with Crippen molar-refractivity contribution in [1.29, 1.82) is 0 Å². The van der Waals surface area contributed by atoms with E-state index in [1.807, 2.05) is 17.5 Å². The van der Waals surface area contributed by atoms with Crippen molar-refractivity contribution in [2.24, 2.45) is 0 Å². The molecule has 0 fully saturated rings. The van der Waals surface area contributed by atoms with Crippen molar-refractivity contribution >= 4 is 22.9 Å². The Morgan fingerprint density at radius 3 is 2.70 bits per heavy atom. The van der Waals surface area contributed by atoms with Crippen LogP contribution in [0, 0.1) is 10.1 Å². The monoisotopic (exact) mass is 382 g/mol. The standard InChI is InChI=1S/C19H18N4O3S/c24-18(21-11-9-14-3-6-17(7-4-14)23(25)26)8-5-16-13-27-19(22-16)15-2-1-10-20-12-15/h1-4,6-7,10,12-13H,5,8-9,11H2,(H,21,24). The number of thiazole rings is 1. The molecule has 0 aliphatic rings. The van der Waals surface area contributed by atoms with E-state index >= 15 is 0 Å². The van der Waals surface area contributed by atoms with E-state index in [1.54, 1.807) is 35.9 Å². The van der Waals surface area contributed by atoms with Crippen molar-refractivity contribution in [2.75, 3.05) is 6.54 Å². The van der Waals surface area contributed by atoms with Gasteiger partial charge in [0.25, 0.3) is 5.69 Å². The molecule has 3 rings (SSSR count). The molecular formula is C19H18N4O3S. The number of nitrogens with one attached hydrogen (secondary N) is 1. The van der Waals surface area contributed by atoms with E-state index < -0.39 is 4.92 Å². The van der Waals surface area contributed by atoms with Crippen LogP contribution < -0.4 is 5.32 Å². The molecule has 1 aromatic carbocycles. The second-order valence-electron chi connectivity index (χ2n) is 5.91. The van der Waals surface area contributed by atoms with E-state index in [2.05, 4.69) is 15.3 Å². The zero-order valence-corrected chi connectivity index (χ0v) is 15.3. The van der Waals surface area contributed by atoms with Gasteiger partial charge in [0.15, 0.2) is 0 Å². The summed E-state index contributed by atoms with van der Waals surface area (Å²) in [6.45, 7) is 0.495. The largest absolute Gasteiger partial charge is 0.356 e.